The van der Waals surface area contributed by atoms with Gasteiger partial charge in [-0.15, -0.1) is 0 Å². The van der Waals surface area contributed by atoms with E-state index < -0.39 is 0 Å². The van der Waals surface area contributed by atoms with Crippen molar-refractivity contribution >= 4 is 0 Å². The van der Waals surface area contributed by atoms with Crippen LogP contribution in [0.2, 0.25) is 0 Å². The van der Waals surface area contributed by atoms with E-state index in [1.54, 1.807) is 0 Å². The van der Waals surface area contributed by atoms with E-state index >= 15 is 0 Å². The fourth-order valence-electron chi connectivity index (χ4n) is 4.79. The topological polar surface area (TPSA) is 0 Å². The molecule has 0 aliphatic heterocycles. The standard InChI is InChI=1S/C12H22.C8H16/c1-9-3-5-12-8-10(2)4-6-11(12)7-9;1-7-3-5-8(2)6-4-7/h9-12H,3-8H2,1-2H3;7-8H,3-6H2,1-2H3. The van der Waals surface area contributed by atoms with Gasteiger partial charge in [-0.05, 0) is 61.2 Å². The fraction of sp³-hybridized carbons (Fsp3) is 1.00. The van der Waals surface area contributed by atoms with Gasteiger partial charge in [-0.25, -0.2) is 0 Å². The summed E-state index contributed by atoms with van der Waals surface area (Å²) in [5, 5.41) is 0. The van der Waals surface area contributed by atoms with E-state index in [0.717, 1.165) is 35.5 Å². The third-order valence-electron chi connectivity index (χ3n) is 6.44. The first-order chi connectivity index (χ1) is 9.54. The van der Waals surface area contributed by atoms with Gasteiger partial charge in [0.2, 0.25) is 0 Å². The van der Waals surface area contributed by atoms with Crippen molar-refractivity contribution in [2.24, 2.45) is 35.5 Å². The van der Waals surface area contributed by atoms with Gasteiger partial charge in [0, 0.05) is 0 Å². The zero-order valence-corrected chi connectivity index (χ0v) is 14.5. The van der Waals surface area contributed by atoms with Gasteiger partial charge in [0.25, 0.3) is 0 Å². The molecule has 3 aliphatic carbocycles. The maximum Gasteiger partial charge on any atom is -0.0383 e. The van der Waals surface area contributed by atoms with Gasteiger partial charge in [0.1, 0.15) is 0 Å². The van der Waals surface area contributed by atoms with Crippen LogP contribution in [0.3, 0.4) is 0 Å². The van der Waals surface area contributed by atoms with Crippen LogP contribution in [0.25, 0.3) is 0 Å². The zero-order chi connectivity index (χ0) is 14.5. The quantitative estimate of drug-likeness (QED) is 0.463. The molecule has 3 fully saturated rings. The average molecular weight is 279 g/mol. The lowest BCUT2D eigenvalue weighted by molar-refractivity contribution is 0.109. The van der Waals surface area contributed by atoms with Gasteiger partial charge >= 0.3 is 0 Å². The molecule has 3 rings (SSSR count). The molecule has 3 saturated carbocycles. The summed E-state index contributed by atoms with van der Waals surface area (Å²) in [7, 11) is 0. The van der Waals surface area contributed by atoms with Gasteiger partial charge in [0.15, 0.2) is 0 Å². The Morgan fingerprint density at radius 1 is 0.400 bits per heavy atom. The van der Waals surface area contributed by atoms with Crippen LogP contribution in [-0.4, -0.2) is 0 Å². The number of hydrogen-bond donors (Lipinski definition) is 0. The van der Waals surface area contributed by atoms with Gasteiger partial charge in [-0.2, -0.15) is 0 Å². The molecule has 0 amide bonds. The van der Waals surface area contributed by atoms with Gasteiger partial charge in [-0.1, -0.05) is 66.2 Å². The van der Waals surface area contributed by atoms with Crippen molar-refractivity contribution in [3.8, 4) is 0 Å². The van der Waals surface area contributed by atoms with Crippen molar-refractivity contribution in [2.45, 2.75) is 91.9 Å². The molecule has 3 aliphatic rings. The Hall–Kier alpha value is 0. The Bertz CT molecular complexity index is 233. The Kier molecular flexibility index (Phi) is 6.43. The van der Waals surface area contributed by atoms with E-state index in [1.807, 2.05) is 0 Å². The summed E-state index contributed by atoms with van der Waals surface area (Å²) < 4.78 is 0. The highest BCUT2D eigenvalue weighted by atomic mass is 14.4. The molecule has 0 aromatic carbocycles. The van der Waals surface area contributed by atoms with Gasteiger partial charge in [0.05, 0.1) is 0 Å². The second-order valence-electron chi connectivity index (χ2n) is 8.72. The first-order valence-electron chi connectivity index (χ1n) is 9.54. The molecule has 0 saturated heterocycles. The first-order valence-corrected chi connectivity index (χ1v) is 9.54. The minimum Gasteiger partial charge on any atom is -0.0625 e. The Balaban J connectivity index is 0.000000160. The molecule has 0 aromatic rings. The van der Waals surface area contributed by atoms with Crippen LogP contribution in [0.15, 0.2) is 0 Å². The predicted octanol–water partition coefficient (Wildman–Crippen LogP) is 6.69. The van der Waals surface area contributed by atoms with Crippen LogP contribution in [0.4, 0.5) is 0 Å². The summed E-state index contributed by atoms with van der Waals surface area (Å²) in [6.45, 7) is 9.61. The lowest BCUT2D eigenvalue weighted by Gasteiger charge is -2.40. The molecule has 0 N–H and O–H groups in total. The van der Waals surface area contributed by atoms with Crippen molar-refractivity contribution in [1.29, 1.82) is 0 Å². The van der Waals surface area contributed by atoms with Crippen molar-refractivity contribution < 1.29 is 0 Å². The SMILES string of the molecule is CC1CCC(C)CC1.CC1CCC2CC(C)CCC2C1. The van der Waals surface area contributed by atoms with Crippen LogP contribution in [0.1, 0.15) is 91.9 Å². The highest BCUT2D eigenvalue weighted by Crippen LogP contribution is 2.44. The zero-order valence-electron chi connectivity index (χ0n) is 14.5. The second kappa shape index (κ2) is 7.85. The van der Waals surface area contributed by atoms with Crippen LogP contribution < -0.4 is 0 Å². The molecular formula is C20H38. The lowest BCUT2D eigenvalue weighted by Crippen LogP contribution is -2.29. The number of hydrogen-bond acceptors (Lipinski definition) is 0. The van der Waals surface area contributed by atoms with E-state index in [1.165, 1.54) is 64.2 Å². The lowest BCUT2D eigenvalue weighted by atomic mass is 9.65. The highest BCUT2D eigenvalue weighted by Gasteiger charge is 2.32. The number of rotatable bonds is 0. The van der Waals surface area contributed by atoms with E-state index in [2.05, 4.69) is 27.7 Å². The summed E-state index contributed by atoms with van der Waals surface area (Å²) in [5.41, 5.74) is 0. The Morgan fingerprint density at radius 2 is 0.700 bits per heavy atom. The molecule has 0 nitrogen and oxygen atoms in total. The fourth-order valence-corrected chi connectivity index (χ4v) is 4.79. The molecule has 0 heteroatoms. The van der Waals surface area contributed by atoms with E-state index in [0.29, 0.717) is 0 Å². The third-order valence-corrected chi connectivity index (χ3v) is 6.44. The van der Waals surface area contributed by atoms with Crippen molar-refractivity contribution in [2.75, 3.05) is 0 Å². The van der Waals surface area contributed by atoms with Gasteiger partial charge in [-0.3, -0.25) is 0 Å². The summed E-state index contributed by atoms with van der Waals surface area (Å²) in [5.74, 6) is 6.33. The average Bonchev–Trinajstić information content (AvgIpc) is 2.43. The molecule has 118 valence electrons. The Labute approximate surface area is 128 Å². The third kappa shape index (κ3) is 5.08. The minimum atomic E-state index is 1.02. The molecule has 0 radical (unpaired) electrons. The van der Waals surface area contributed by atoms with Crippen molar-refractivity contribution in [3.63, 3.8) is 0 Å². The first kappa shape index (κ1) is 16.4. The normalized spacial score (nSPS) is 45.0. The molecule has 0 heterocycles. The summed E-state index contributed by atoms with van der Waals surface area (Å²) in [6, 6.07) is 0. The van der Waals surface area contributed by atoms with Crippen LogP contribution in [0.5, 0.6) is 0 Å². The maximum atomic E-state index is 2.44. The van der Waals surface area contributed by atoms with Crippen LogP contribution in [0, 0.1) is 35.5 Å². The number of fused-ring (bicyclic) bond motifs is 1. The Morgan fingerprint density at radius 3 is 1.05 bits per heavy atom. The molecular weight excluding hydrogens is 240 g/mol. The van der Waals surface area contributed by atoms with Gasteiger partial charge < -0.3 is 0 Å². The van der Waals surface area contributed by atoms with E-state index in [9.17, 15) is 0 Å². The molecule has 4 unspecified atom stereocenters. The smallest absolute Gasteiger partial charge is 0.0383 e. The highest BCUT2D eigenvalue weighted by molar-refractivity contribution is 4.83. The summed E-state index contributed by atoms with van der Waals surface area (Å²) >= 11 is 0. The monoisotopic (exact) mass is 278 g/mol. The summed E-state index contributed by atoms with van der Waals surface area (Å²) in [6.07, 6.45) is 15.1. The molecule has 0 bridgehead atoms. The predicted molar refractivity (Wildman–Crippen MR) is 89.8 cm³/mol. The van der Waals surface area contributed by atoms with Crippen LogP contribution >= 0.6 is 0 Å². The van der Waals surface area contributed by atoms with E-state index in [-0.39, 0.29) is 0 Å². The summed E-state index contributed by atoms with van der Waals surface area (Å²) in [4.78, 5) is 0. The van der Waals surface area contributed by atoms with Crippen molar-refractivity contribution in [1.82, 2.24) is 0 Å². The largest absolute Gasteiger partial charge is 0.0625 e. The second-order valence-corrected chi connectivity index (χ2v) is 8.72. The maximum absolute atomic E-state index is 2.44. The van der Waals surface area contributed by atoms with Crippen molar-refractivity contribution in [3.05, 3.63) is 0 Å². The molecule has 0 aromatic heterocycles. The molecule has 4 atom stereocenters. The molecule has 0 spiro atoms. The van der Waals surface area contributed by atoms with E-state index in [4.69, 9.17) is 0 Å². The molecule has 20 heavy (non-hydrogen) atoms. The van der Waals surface area contributed by atoms with Crippen LogP contribution in [-0.2, 0) is 0 Å². The minimum absolute atomic E-state index is 1.02.